The van der Waals surface area contributed by atoms with Crippen LogP contribution in [-0.4, -0.2) is 58.8 Å². The number of likely N-dealkylation sites (tertiary alicyclic amines) is 1. The molecule has 0 aromatic heterocycles. The number of nitrogens with zero attached hydrogens (tertiary/aromatic N) is 1. The molecule has 0 unspecified atom stereocenters. The predicted molar refractivity (Wildman–Crippen MR) is 96.2 cm³/mol. The van der Waals surface area contributed by atoms with Gasteiger partial charge in [-0.3, -0.25) is 9.59 Å². The van der Waals surface area contributed by atoms with E-state index in [1.165, 1.54) is 4.90 Å². The predicted octanol–water partition coefficient (Wildman–Crippen LogP) is 0.241. The summed E-state index contributed by atoms with van der Waals surface area (Å²) in [6.45, 7) is 5.39. The van der Waals surface area contributed by atoms with Gasteiger partial charge in [0.15, 0.2) is 0 Å². The number of nitrogens with one attached hydrogen (secondary N) is 1. The van der Waals surface area contributed by atoms with Gasteiger partial charge in [-0.1, -0.05) is 0 Å². The lowest BCUT2D eigenvalue weighted by molar-refractivity contribution is -0.172. The van der Waals surface area contributed by atoms with E-state index in [1.54, 1.807) is 20.8 Å². The third kappa shape index (κ3) is 4.78. The summed E-state index contributed by atoms with van der Waals surface area (Å²) in [7, 11) is 0. The van der Waals surface area contributed by atoms with Crippen molar-refractivity contribution in [2.45, 2.75) is 64.1 Å². The fourth-order valence-corrected chi connectivity index (χ4v) is 3.43. The van der Waals surface area contributed by atoms with Gasteiger partial charge in [0.05, 0.1) is 12.0 Å². The minimum absolute atomic E-state index is 0. The maximum Gasteiger partial charge on any atom is 0.407 e. The number of carbonyl (C=O) groups is 3. The van der Waals surface area contributed by atoms with Crippen LogP contribution in [0.3, 0.4) is 0 Å². The van der Waals surface area contributed by atoms with Crippen molar-refractivity contribution in [2.75, 3.05) is 13.2 Å². The van der Waals surface area contributed by atoms with Crippen molar-refractivity contribution >= 4 is 31.4 Å². The molecule has 1 atom stereocenters. The summed E-state index contributed by atoms with van der Waals surface area (Å²) in [5, 5.41) is 12.1. The summed E-state index contributed by atoms with van der Waals surface area (Å²) in [5.74, 6) is -0.822. The molecule has 144 valence electrons. The first kappa shape index (κ1) is 21.6. The molecule has 25 heavy (non-hydrogen) atoms. The molecule has 1 aliphatic carbocycles. The quantitative estimate of drug-likeness (QED) is 0.608. The average molecular weight is 375 g/mol. The lowest BCUT2D eigenvalue weighted by atomic mass is 9.66. The number of hydrogen-bond donors (Lipinski definition) is 3. The Labute approximate surface area is 154 Å². The molecule has 9 heteroatoms. The van der Waals surface area contributed by atoms with Gasteiger partial charge in [0.2, 0.25) is 11.8 Å². The van der Waals surface area contributed by atoms with Crippen LogP contribution in [0.4, 0.5) is 4.79 Å². The maximum atomic E-state index is 12.5. The number of aliphatic hydroxyl groups excluding tert-OH is 1. The molecule has 1 saturated carbocycles. The fourth-order valence-electron chi connectivity index (χ4n) is 3.43. The van der Waals surface area contributed by atoms with Gasteiger partial charge in [0, 0.05) is 12.6 Å². The Morgan fingerprint density at radius 2 is 1.96 bits per heavy atom. The summed E-state index contributed by atoms with van der Waals surface area (Å²) in [5.41, 5.74) is 4.19. The number of carbonyl (C=O) groups excluding carboxylic acids is 3. The van der Waals surface area contributed by atoms with E-state index < -0.39 is 35.7 Å². The Bertz CT molecular complexity index is 526. The van der Waals surface area contributed by atoms with Crippen LogP contribution in [0, 0.1) is 5.41 Å². The molecule has 0 aromatic rings. The van der Waals surface area contributed by atoms with Gasteiger partial charge in [0.25, 0.3) is 0 Å². The zero-order valence-electron chi connectivity index (χ0n) is 15.0. The van der Waals surface area contributed by atoms with Crippen molar-refractivity contribution in [3.8, 4) is 0 Å². The number of amides is 3. The van der Waals surface area contributed by atoms with Gasteiger partial charge in [0.1, 0.15) is 11.6 Å². The molecular formula is C16H29N3O5S. The van der Waals surface area contributed by atoms with Crippen LogP contribution in [-0.2, 0) is 14.3 Å². The lowest BCUT2D eigenvalue weighted by Gasteiger charge is -2.53. The van der Waals surface area contributed by atoms with Gasteiger partial charge in [-0.2, -0.15) is 13.5 Å². The highest BCUT2D eigenvalue weighted by Crippen LogP contribution is 2.45. The first-order chi connectivity index (χ1) is 11.1. The topological polar surface area (TPSA) is 122 Å². The zero-order chi connectivity index (χ0) is 18.1. The first-order valence-corrected chi connectivity index (χ1v) is 8.29. The van der Waals surface area contributed by atoms with Crippen molar-refractivity contribution in [1.29, 1.82) is 0 Å². The van der Waals surface area contributed by atoms with E-state index >= 15 is 0 Å². The van der Waals surface area contributed by atoms with Crippen LogP contribution in [0.25, 0.3) is 0 Å². The van der Waals surface area contributed by atoms with Crippen LogP contribution in [0.15, 0.2) is 0 Å². The lowest BCUT2D eigenvalue weighted by Crippen LogP contribution is -2.68. The second-order valence-corrected chi connectivity index (χ2v) is 7.73. The van der Waals surface area contributed by atoms with E-state index in [0.717, 1.165) is 0 Å². The molecule has 1 aliphatic heterocycles. The molecule has 8 nitrogen and oxygen atoms in total. The average Bonchev–Trinajstić information content (AvgIpc) is 2.46. The molecule has 1 saturated heterocycles. The third-order valence-corrected chi connectivity index (χ3v) is 4.73. The molecule has 1 heterocycles. The molecule has 4 N–H and O–H groups in total. The van der Waals surface area contributed by atoms with Crippen LogP contribution in [0.5, 0.6) is 0 Å². The highest BCUT2D eigenvalue weighted by molar-refractivity contribution is 7.59. The van der Waals surface area contributed by atoms with Gasteiger partial charge in [-0.25, -0.2) is 4.79 Å². The second kappa shape index (κ2) is 7.82. The summed E-state index contributed by atoms with van der Waals surface area (Å²) < 4.78 is 5.24. The van der Waals surface area contributed by atoms with Crippen LogP contribution >= 0.6 is 13.5 Å². The van der Waals surface area contributed by atoms with E-state index in [-0.39, 0.29) is 25.4 Å². The molecule has 0 bridgehead atoms. The summed E-state index contributed by atoms with van der Waals surface area (Å²) in [6, 6.07) is -0.960. The fraction of sp³-hybridized carbons (Fsp3) is 0.812. The SMILES string of the molecule is CC(C)(C)OC(=O)NC1CCC2(CC1)CN([C@@H](CO)C(N)=O)C2=O.S. The monoisotopic (exact) mass is 375 g/mol. The Kier molecular flexibility index (Phi) is 6.74. The number of rotatable bonds is 4. The summed E-state index contributed by atoms with van der Waals surface area (Å²) in [6.07, 6.45) is 2.19. The van der Waals surface area contributed by atoms with Crippen molar-refractivity contribution in [1.82, 2.24) is 10.2 Å². The molecule has 0 radical (unpaired) electrons. The number of primary amides is 1. The van der Waals surface area contributed by atoms with Gasteiger partial charge >= 0.3 is 6.09 Å². The van der Waals surface area contributed by atoms with Crippen LogP contribution in [0.1, 0.15) is 46.5 Å². The number of alkyl carbamates (subject to hydrolysis) is 1. The number of β-lactam (4-membered cyclic amide) rings is 1. The highest BCUT2D eigenvalue weighted by Gasteiger charge is 2.55. The first-order valence-electron chi connectivity index (χ1n) is 8.29. The molecule has 2 rings (SSSR count). The minimum Gasteiger partial charge on any atom is -0.444 e. The van der Waals surface area contributed by atoms with Gasteiger partial charge < -0.3 is 25.8 Å². The smallest absolute Gasteiger partial charge is 0.407 e. The molecule has 0 aromatic carbocycles. The van der Waals surface area contributed by atoms with Crippen molar-refractivity contribution in [2.24, 2.45) is 11.1 Å². The number of nitrogens with two attached hydrogens (primary N) is 1. The normalized spacial score (nSPS) is 27.1. The number of ether oxygens (including phenoxy) is 1. The van der Waals surface area contributed by atoms with E-state index in [4.69, 9.17) is 10.5 Å². The van der Waals surface area contributed by atoms with E-state index in [1.807, 2.05) is 0 Å². The number of hydrogen-bond acceptors (Lipinski definition) is 5. The zero-order valence-corrected chi connectivity index (χ0v) is 16.0. The third-order valence-electron chi connectivity index (χ3n) is 4.73. The van der Waals surface area contributed by atoms with Crippen LogP contribution in [0.2, 0.25) is 0 Å². The Balaban J connectivity index is 0.00000312. The minimum atomic E-state index is -0.944. The Morgan fingerprint density at radius 1 is 1.40 bits per heavy atom. The van der Waals surface area contributed by atoms with Crippen molar-refractivity contribution in [3.63, 3.8) is 0 Å². The van der Waals surface area contributed by atoms with Gasteiger partial charge in [-0.05, 0) is 46.5 Å². The summed E-state index contributed by atoms with van der Waals surface area (Å²) in [4.78, 5) is 36.9. The largest absolute Gasteiger partial charge is 0.444 e. The van der Waals surface area contributed by atoms with E-state index in [9.17, 15) is 19.5 Å². The Morgan fingerprint density at radius 3 is 2.36 bits per heavy atom. The standard InChI is InChI=1S/C16H27N3O5.H2S/c1-15(2,3)24-14(23)18-10-4-6-16(7-5-10)9-19(13(16)22)11(8-20)12(17)21;/h10-11,20H,4-9H2,1-3H3,(H2,17,21)(H,18,23);1H2/t10?,11-,16?;/m0./s1. The summed E-state index contributed by atoms with van der Waals surface area (Å²) >= 11 is 0. The molecule has 1 spiro atoms. The maximum absolute atomic E-state index is 12.5. The highest BCUT2D eigenvalue weighted by atomic mass is 32.1. The number of aliphatic hydroxyl groups is 1. The van der Waals surface area contributed by atoms with Gasteiger partial charge in [-0.15, -0.1) is 0 Å². The van der Waals surface area contributed by atoms with Crippen molar-refractivity contribution in [3.05, 3.63) is 0 Å². The molecule has 2 aliphatic rings. The Hall–Kier alpha value is -1.48. The molecule has 3 amide bonds. The molecule has 2 fully saturated rings. The second-order valence-electron chi connectivity index (χ2n) is 7.73. The van der Waals surface area contributed by atoms with E-state index in [0.29, 0.717) is 32.2 Å². The van der Waals surface area contributed by atoms with E-state index in [2.05, 4.69) is 5.32 Å². The molecular weight excluding hydrogens is 346 g/mol. The van der Waals surface area contributed by atoms with Crippen molar-refractivity contribution < 1.29 is 24.2 Å². The van der Waals surface area contributed by atoms with Crippen LogP contribution < -0.4 is 11.1 Å².